The summed E-state index contributed by atoms with van der Waals surface area (Å²) in [4.78, 5) is 0. The maximum absolute atomic E-state index is 3.69. The van der Waals surface area contributed by atoms with E-state index in [1.54, 1.807) is 0 Å². The molecule has 0 aliphatic rings. The predicted octanol–water partition coefficient (Wildman–Crippen LogP) is 2.85. The highest BCUT2D eigenvalue weighted by molar-refractivity contribution is 7.16. The third-order valence-corrected chi connectivity index (χ3v) is 1.86. The first kappa shape index (κ1) is 9.17. The summed E-state index contributed by atoms with van der Waals surface area (Å²) >= 11 is 0. The summed E-state index contributed by atoms with van der Waals surface area (Å²) in [6.07, 6.45) is 7.04. The van der Waals surface area contributed by atoms with Crippen LogP contribution in [0.1, 0.15) is 26.2 Å². The Morgan fingerprint density at radius 3 is 2.67 bits per heavy atom. The Bertz CT molecular complexity index is 69.0. The molecular weight excluding hydrogens is 127 g/mol. The largest absolute Gasteiger partial charge is 0.138 e. The van der Waals surface area contributed by atoms with Crippen LogP contribution in [0.4, 0.5) is 0 Å². The Morgan fingerprint density at radius 1 is 1.56 bits per heavy atom. The van der Waals surface area contributed by atoms with Crippen molar-refractivity contribution in [3.8, 4) is 0 Å². The fourth-order valence-electron chi connectivity index (χ4n) is 0.831. The van der Waals surface area contributed by atoms with Gasteiger partial charge in [0.2, 0.25) is 0 Å². The van der Waals surface area contributed by atoms with E-state index in [2.05, 4.69) is 22.7 Å². The summed E-state index contributed by atoms with van der Waals surface area (Å²) in [6.45, 7) is 5.99. The molecule has 0 aromatic carbocycles. The van der Waals surface area contributed by atoms with Crippen molar-refractivity contribution >= 4 is 9.24 Å². The molecule has 0 nitrogen and oxygen atoms in total. The van der Waals surface area contributed by atoms with E-state index in [0.29, 0.717) is 0 Å². The molecule has 0 aliphatic heterocycles. The molecule has 0 radical (unpaired) electrons. The van der Waals surface area contributed by atoms with Crippen LogP contribution >= 0.6 is 9.24 Å². The average molecular weight is 144 g/mol. The maximum Gasteiger partial charge on any atom is -0.0351 e. The number of allylic oxidation sites excluding steroid dienone is 1. The second-order valence-corrected chi connectivity index (χ2v) is 3.13. The fraction of sp³-hybridized carbons (Fsp3) is 0.750. The lowest BCUT2D eigenvalue weighted by Gasteiger charge is -2.05. The molecule has 54 valence electrons. The maximum atomic E-state index is 3.69. The minimum atomic E-state index is 0.875. The van der Waals surface area contributed by atoms with Crippen LogP contribution in [-0.4, -0.2) is 6.16 Å². The third-order valence-electron chi connectivity index (χ3n) is 1.52. The summed E-state index contributed by atoms with van der Waals surface area (Å²) in [5, 5.41) is 0. The molecule has 1 heteroatoms. The van der Waals surface area contributed by atoms with Gasteiger partial charge >= 0.3 is 0 Å². The van der Waals surface area contributed by atoms with Gasteiger partial charge in [0.25, 0.3) is 0 Å². The predicted molar refractivity (Wildman–Crippen MR) is 47.8 cm³/mol. The van der Waals surface area contributed by atoms with Gasteiger partial charge in [-0.05, 0) is 31.3 Å². The molecule has 0 N–H and O–H groups in total. The lowest BCUT2D eigenvalue weighted by Crippen LogP contribution is -1.93. The van der Waals surface area contributed by atoms with Gasteiger partial charge in [0.05, 0.1) is 0 Å². The van der Waals surface area contributed by atoms with Gasteiger partial charge in [0.1, 0.15) is 0 Å². The minimum Gasteiger partial charge on any atom is -0.138 e. The van der Waals surface area contributed by atoms with Crippen LogP contribution in [0, 0.1) is 5.92 Å². The van der Waals surface area contributed by atoms with Gasteiger partial charge < -0.3 is 0 Å². The number of hydrogen-bond acceptors (Lipinski definition) is 0. The Kier molecular flexibility index (Phi) is 6.41. The van der Waals surface area contributed by atoms with Crippen LogP contribution in [0.25, 0.3) is 0 Å². The van der Waals surface area contributed by atoms with Crippen LogP contribution in [0.5, 0.6) is 0 Å². The molecule has 0 heterocycles. The molecule has 0 aromatic rings. The summed E-state index contributed by atoms with van der Waals surface area (Å²) in [5.41, 5.74) is 0. The smallest absolute Gasteiger partial charge is 0.0351 e. The van der Waals surface area contributed by atoms with Crippen LogP contribution in [0.15, 0.2) is 12.7 Å². The van der Waals surface area contributed by atoms with E-state index in [4.69, 9.17) is 0 Å². The summed E-state index contributed by atoms with van der Waals surface area (Å²) in [7, 11) is 2.76. The van der Waals surface area contributed by atoms with Crippen LogP contribution in [0.2, 0.25) is 0 Å². The zero-order valence-electron chi connectivity index (χ0n) is 6.27. The zero-order valence-corrected chi connectivity index (χ0v) is 7.42. The van der Waals surface area contributed by atoms with Crippen molar-refractivity contribution < 1.29 is 0 Å². The monoisotopic (exact) mass is 144 g/mol. The van der Waals surface area contributed by atoms with Gasteiger partial charge in [-0.3, -0.25) is 0 Å². The van der Waals surface area contributed by atoms with Crippen molar-refractivity contribution in [1.82, 2.24) is 0 Å². The van der Waals surface area contributed by atoms with Gasteiger partial charge in [0.15, 0.2) is 0 Å². The van der Waals surface area contributed by atoms with E-state index < -0.39 is 0 Å². The van der Waals surface area contributed by atoms with Crippen LogP contribution < -0.4 is 0 Å². The Hall–Kier alpha value is 0.170. The third kappa shape index (κ3) is 6.05. The van der Waals surface area contributed by atoms with Gasteiger partial charge in [0, 0.05) is 0 Å². The number of rotatable bonds is 5. The van der Waals surface area contributed by atoms with E-state index >= 15 is 0 Å². The molecule has 0 bridgehead atoms. The van der Waals surface area contributed by atoms with Gasteiger partial charge in [-0.15, -0.1) is 15.8 Å². The first-order valence-electron chi connectivity index (χ1n) is 3.62. The van der Waals surface area contributed by atoms with Gasteiger partial charge in [-0.2, -0.15) is 0 Å². The quantitative estimate of drug-likeness (QED) is 0.411. The van der Waals surface area contributed by atoms with Gasteiger partial charge in [-0.25, -0.2) is 0 Å². The Balaban J connectivity index is 3.04. The Labute approximate surface area is 60.9 Å². The number of hydrogen-bond donors (Lipinski definition) is 0. The molecule has 0 saturated heterocycles. The highest BCUT2D eigenvalue weighted by Crippen LogP contribution is 2.11. The first-order chi connectivity index (χ1) is 4.31. The molecule has 2 unspecified atom stereocenters. The second kappa shape index (κ2) is 6.29. The molecule has 2 atom stereocenters. The topological polar surface area (TPSA) is 0 Å². The highest BCUT2D eigenvalue weighted by atomic mass is 31.0. The summed E-state index contributed by atoms with van der Waals surface area (Å²) in [5.74, 6) is 0.875. The lowest BCUT2D eigenvalue weighted by atomic mass is 10.0. The fourth-order valence-corrected chi connectivity index (χ4v) is 1.40. The summed E-state index contributed by atoms with van der Waals surface area (Å²) < 4.78 is 0. The van der Waals surface area contributed by atoms with Crippen molar-refractivity contribution in [2.75, 3.05) is 6.16 Å². The Morgan fingerprint density at radius 2 is 2.22 bits per heavy atom. The van der Waals surface area contributed by atoms with E-state index in [9.17, 15) is 0 Å². The van der Waals surface area contributed by atoms with E-state index in [1.807, 2.05) is 6.08 Å². The molecule has 0 amide bonds. The van der Waals surface area contributed by atoms with Gasteiger partial charge in [-0.1, -0.05) is 13.0 Å². The highest BCUT2D eigenvalue weighted by Gasteiger charge is 1.96. The molecule has 0 spiro atoms. The zero-order chi connectivity index (χ0) is 7.11. The van der Waals surface area contributed by atoms with Crippen molar-refractivity contribution in [3.05, 3.63) is 12.7 Å². The molecule has 0 aromatic heterocycles. The molecular formula is C8H17P. The molecule has 0 rings (SSSR count). The molecule has 0 saturated carbocycles. The summed E-state index contributed by atoms with van der Waals surface area (Å²) in [6, 6.07) is 0. The van der Waals surface area contributed by atoms with Crippen molar-refractivity contribution in [3.63, 3.8) is 0 Å². The van der Waals surface area contributed by atoms with E-state index in [-0.39, 0.29) is 0 Å². The molecule has 9 heavy (non-hydrogen) atoms. The SMILES string of the molecule is C=CCCC(C)CCP. The van der Waals surface area contributed by atoms with Crippen LogP contribution in [0.3, 0.4) is 0 Å². The second-order valence-electron chi connectivity index (χ2n) is 2.55. The van der Waals surface area contributed by atoms with E-state index in [1.165, 1.54) is 25.4 Å². The normalized spacial score (nSPS) is 13.1. The van der Waals surface area contributed by atoms with Crippen molar-refractivity contribution in [2.45, 2.75) is 26.2 Å². The van der Waals surface area contributed by atoms with E-state index in [0.717, 1.165) is 5.92 Å². The minimum absolute atomic E-state index is 0.875. The van der Waals surface area contributed by atoms with Crippen molar-refractivity contribution in [2.24, 2.45) is 5.92 Å². The van der Waals surface area contributed by atoms with Crippen LogP contribution in [-0.2, 0) is 0 Å². The average Bonchev–Trinajstić information content (AvgIpc) is 1.85. The van der Waals surface area contributed by atoms with Crippen molar-refractivity contribution in [1.29, 1.82) is 0 Å². The lowest BCUT2D eigenvalue weighted by molar-refractivity contribution is 0.526. The molecule has 0 aliphatic carbocycles. The first-order valence-corrected chi connectivity index (χ1v) is 4.44. The standard InChI is InChI=1S/C8H17P/c1-3-4-5-8(2)6-7-9/h3,8H,1,4-7,9H2,2H3. The molecule has 0 fully saturated rings.